The third kappa shape index (κ3) is 5.14. The summed E-state index contributed by atoms with van der Waals surface area (Å²) in [7, 11) is 0. The van der Waals surface area contributed by atoms with Crippen LogP contribution in [0.15, 0.2) is 22.7 Å². The van der Waals surface area contributed by atoms with Crippen LogP contribution in [0.25, 0.3) is 0 Å². The number of likely N-dealkylation sites (tertiary alicyclic amines) is 1. The molecule has 1 aliphatic heterocycles. The van der Waals surface area contributed by atoms with E-state index in [1.165, 1.54) is 6.07 Å². The molecule has 0 saturated carbocycles. The average molecular weight is 381 g/mol. The summed E-state index contributed by atoms with van der Waals surface area (Å²) in [6, 6.07) is 4.92. The molecule has 2 rings (SSSR count). The predicted molar refractivity (Wildman–Crippen MR) is 82.5 cm³/mol. The summed E-state index contributed by atoms with van der Waals surface area (Å²) in [5, 5.41) is 0. The van der Waals surface area contributed by atoms with E-state index in [4.69, 9.17) is 5.73 Å². The lowest BCUT2D eigenvalue weighted by Gasteiger charge is -2.33. The first-order chi connectivity index (χ1) is 10.2. The van der Waals surface area contributed by atoms with Gasteiger partial charge >= 0.3 is 6.36 Å². The number of halogens is 4. The minimum absolute atomic E-state index is 0.216. The van der Waals surface area contributed by atoms with Gasteiger partial charge < -0.3 is 10.5 Å². The fourth-order valence-electron chi connectivity index (χ4n) is 2.75. The minimum atomic E-state index is -4.68. The van der Waals surface area contributed by atoms with Crippen LogP contribution >= 0.6 is 15.9 Å². The van der Waals surface area contributed by atoms with E-state index in [2.05, 4.69) is 25.6 Å². The van der Waals surface area contributed by atoms with Crippen molar-refractivity contribution < 1.29 is 17.9 Å². The van der Waals surface area contributed by atoms with Gasteiger partial charge in [0.15, 0.2) is 0 Å². The minimum Gasteiger partial charge on any atom is -0.405 e. The van der Waals surface area contributed by atoms with Crippen molar-refractivity contribution in [3.8, 4) is 5.75 Å². The van der Waals surface area contributed by atoms with Crippen molar-refractivity contribution in [2.45, 2.75) is 38.7 Å². The fraction of sp³-hybridized carbons (Fsp3) is 0.600. The summed E-state index contributed by atoms with van der Waals surface area (Å²) < 4.78 is 41.0. The number of alkyl halides is 3. The first-order valence-electron chi connectivity index (χ1n) is 7.26. The number of hydrogen-bond acceptors (Lipinski definition) is 3. The zero-order valence-electron chi connectivity index (χ0n) is 12.4. The lowest BCUT2D eigenvalue weighted by atomic mass is 9.91. The molecule has 1 aromatic rings. The second-order valence-corrected chi connectivity index (χ2v) is 6.64. The molecule has 7 heteroatoms. The first-order valence-corrected chi connectivity index (χ1v) is 8.06. The van der Waals surface area contributed by atoms with Gasteiger partial charge in [-0.3, -0.25) is 4.90 Å². The van der Waals surface area contributed by atoms with Crippen molar-refractivity contribution in [2.24, 2.45) is 11.7 Å². The zero-order chi connectivity index (χ0) is 16.3. The number of nitrogens with two attached hydrogens (primary N) is 1. The zero-order valence-corrected chi connectivity index (χ0v) is 14.0. The number of piperidine rings is 1. The molecule has 2 N–H and O–H groups in total. The maximum Gasteiger partial charge on any atom is 0.573 e. The second-order valence-electron chi connectivity index (χ2n) is 5.79. The van der Waals surface area contributed by atoms with Crippen LogP contribution in [-0.2, 0) is 6.54 Å². The Bertz CT molecular complexity index is 500. The van der Waals surface area contributed by atoms with Gasteiger partial charge in [-0.15, -0.1) is 13.2 Å². The van der Waals surface area contributed by atoms with E-state index in [9.17, 15) is 13.2 Å². The fourth-order valence-corrected chi connectivity index (χ4v) is 3.25. The molecule has 1 unspecified atom stereocenters. The molecule has 1 aromatic carbocycles. The molecular formula is C15H20BrF3N2O. The summed E-state index contributed by atoms with van der Waals surface area (Å²) in [5.74, 6) is 0.345. The normalized spacial score (nSPS) is 19.2. The smallest absolute Gasteiger partial charge is 0.405 e. The standard InChI is InChI=1S/C15H20BrF3N2O/c1-10(20)12-4-6-21(7-5-12)9-11-2-3-14(13(16)8-11)22-15(17,18)19/h2-3,8,10,12H,4-7,9,20H2,1H3. The highest BCUT2D eigenvalue weighted by Crippen LogP contribution is 2.31. The Kier molecular flexibility index (Phi) is 5.74. The molecule has 0 bridgehead atoms. The van der Waals surface area contributed by atoms with Crippen molar-refractivity contribution in [3.05, 3.63) is 28.2 Å². The van der Waals surface area contributed by atoms with Crippen LogP contribution in [0.1, 0.15) is 25.3 Å². The maximum absolute atomic E-state index is 12.2. The van der Waals surface area contributed by atoms with E-state index in [1.54, 1.807) is 12.1 Å². The highest BCUT2D eigenvalue weighted by atomic mass is 79.9. The molecule has 0 aromatic heterocycles. The Morgan fingerprint density at radius 3 is 2.50 bits per heavy atom. The average Bonchev–Trinajstić information content (AvgIpc) is 2.41. The van der Waals surface area contributed by atoms with Gasteiger partial charge in [0.05, 0.1) is 4.47 Å². The van der Waals surface area contributed by atoms with E-state index >= 15 is 0 Å². The van der Waals surface area contributed by atoms with Crippen LogP contribution in [0.5, 0.6) is 5.75 Å². The van der Waals surface area contributed by atoms with Crippen LogP contribution in [0.2, 0.25) is 0 Å². The Morgan fingerprint density at radius 2 is 2.00 bits per heavy atom. The number of hydrogen-bond donors (Lipinski definition) is 1. The van der Waals surface area contributed by atoms with Gasteiger partial charge in [-0.05, 0) is 72.4 Å². The van der Waals surface area contributed by atoms with Gasteiger partial charge in [0.1, 0.15) is 5.75 Å². The second kappa shape index (κ2) is 7.19. The van der Waals surface area contributed by atoms with Crippen molar-refractivity contribution in [1.29, 1.82) is 0 Å². The third-order valence-electron chi connectivity index (χ3n) is 4.00. The third-order valence-corrected chi connectivity index (χ3v) is 4.62. The number of rotatable bonds is 4. The monoisotopic (exact) mass is 380 g/mol. The molecule has 22 heavy (non-hydrogen) atoms. The topological polar surface area (TPSA) is 38.5 Å². The summed E-state index contributed by atoms with van der Waals surface area (Å²) in [4.78, 5) is 2.30. The van der Waals surface area contributed by atoms with Crippen molar-refractivity contribution >= 4 is 15.9 Å². The highest BCUT2D eigenvalue weighted by Gasteiger charge is 2.32. The van der Waals surface area contributed by atoms with Crippen molar-refractivity contribution in [1.82, 2.24) is 4.90 Å². The van der Waals surface area contributed by atoms with Gasteiger partial charge in [-0.25, -0.2) is 0 Å². The maximum atomic E-state index is 12.2. The quantitative estimate of drug-likeness (QED) is 0.860. The number of nitrogens with zero attached hydrogens (tertiary/aromatic N) is 1. The molecule has 1 fully saturated rings. The lowest BCUT2D eigenvalue weighted by Crippen LogP contribution is -2.39. The van der Waals surface area contributed by atoms with Gasteiger partial charge in [-0.2, -0.15) is 0 Å². The molecule has 0 spiro atoms. The molecule has 0 amide bonds. The van der Waals surface area contributed by atoms with Crippen molar-refractivity contribution in [3.63, 3.8) is 0 Å². The molecule has 0 aliphatic carbocycles. The van der Waals surface area contributed by atoms with Gasteiger partial charge in [0, 0.05) is 12.6 Å². The van der Waals surface area contributed by atoms with Crippen LogP contribution in [0.4, 0.5) is 13.2 Å². The van der Waals surface area contributed by atoms with Crippen LogP contribution in [-0.4, -0.2) is 30.4 Å². The molecule has 3 nitrogen and oxygen atoms in total. The summed E-state index contributed by atoms with van der Waals surface area (Å²) in [6.45, 7) is 4.68. The van der Waals surface area contributed by atoms with Gasteiger partial charge in [0.2, 0.25) is 0 Å². The Labute approximate surface area is 136 Å². The molecule has 1 aliphatic rings. The van der Waals surface area contributed by atoms with Gasteiger partial charge in [-0.1, -0.05) is 6.07 Å². The van der Waals surface area contributed by atoms with E-state index < -0.39 is 6.36 Å². The Balaban J connectivity index is 1.93. The van der Waals surface area contributed by atoms with Gasteiger partial charge in [0.25, 0.3) is 0 Å². The summed E-state index contributed by atoms with van der Waals surface area (Å²) in [5.41, 5.74) is 6.88. The molecule has 124 valence electrons. The molecular weight excluding hydrogens is 361 g/mol. The van der Waals surface area contributed by atoms with E-state index in [0.717, 1.165) is 38.0 Å². The molecule has 1 saturated heterocycles. The SMILES string of the molecule is CC(N)C1CCN(Cc2ccc(OC(F)(F)F)c(Br)c2)CC1. The van der Waals surface area contributed by atoms with Crippen LogP contribution in [0.3, 0.4) is 0 Å². The summed E-state index contributed by atoms with van der Waals surface area (Å²) in [6.07, 6.45) is -2.55. The predicted octanol–water partition coefficient (Wildman–Crippen LogP) is 3.91. The largest absolute Gasteiger partial charge is 0.573 e. The molecule has 1 atom stereocenters. The van der Waals surface area contributed by atoms with E-state index in [1.807, 2.05) is 6.92 Å². The Morgan fingerprint density at radius 1 is 1.36 bits per heavy atom. The van der Waals surface area contributed by atoms with E-state index in [-0.39, 0.29) is 11.8 Å². The first kappa shape index (κ1) is 17.6. The van der Waals surface area contributed by atoms with E-state index in [0.29, 0.717) is 10.4 Å². The number of benzene rings is 1. The highest BCUT2D eigenvalue weighted by molar-refractivity contribution is 9.10. The van der Waals surface area contributed by atoms with Crippen molar-refractivity contribution in [2.75, 3.05) is 13.1 Å². The summed E-state index contributed by atoms with van der Waals surface area (Å²) >= 11 is 3.13. The number of ether oxygens (including phenoxy) is 1. The van der Waals surface area contributed by atoms with Crippen LogP contribution in [0, 0.1) is 5.92 Å². The Hall–Kier alpha value is -0.790. The molecule has 1 heterocycles. The molecule has 0 radical (unpaired) electrons. The lowest BCUT2D eigenvalue weighted by molar-refractivity contribution is -0.274. The van der Waals surface area contributed by atoms with Crippen LogP contribution < -0.4 is 10.5 Å².